The number of thiophene rings is 1. The minimum atomic E-state index is 0.193. The Labute approximate surface area is 101 Å². The predicted molar refractivity (Wildman–Crippen MR) is 66.1 cm³/mol. The van der Waals surface area contributed by atoms with Gasteiger partial charge in [-0.05, 0) is 33.9 Å². The molecule has 15 heavy (non-hydrogen) atoms. The van der Waals surface area contributed by atoms with Crippen molar-refractivity contribution in [3.05, 3.63) is 39.0 Å². The first-order valence-corrected chi connectivity index (χ1v) is 6.32. The van der Waals surface area contributed by atoms with Crippen LogP contribution in [-0.2, 0) is 7.05 Å². The van der Waals surface area contributed by atoms with Gasteiger partial charge in [-0.15, -0.1) is 0 Å². The molecule has 2 aromatic rings. The number of hydrogen-bond acceptors (Lipinski definition) is 3. The maximum Gasteiger partial charge on any atom is 0.0946 e. The maximum absolute atomic E-state index is 4.14. The van der Waals surface area contributed by atoms with Gasteiger partial charge in [-0.1, -0.05) is 0 Å². The lowest BCUT2D eigenvalue weighted by Crippen LogP contribution is -2.19. The molecule has 0 bridgehead atoms. The van der Waals surface area contributed by atoms with Crippen LogP contribution in [0.3, 0.4) is 0 Å². The van der Waals surface area contributed by atoms with E-state index in [2.05, 4.69) is 37.0 Å². The molecule has 1 N–H and O–H groups in total. The Morgan fingerprint density at radius 1 is 1.53 bits per heavy atom. The van der Waals surface area contributed by atoms with Crippen LogP contribution < -0.4 is 5.32 Å². The Bertz CT molecular complexity index is 409. The minimum absolute atomic E-state index is 0.193. The highest BCUT2D eigenvalue weighted by Crippen LogP contribution is 2.30. The second-order valence-electron chi connectivity index (χ2n) is 3.33. The Morgan fingerprint density at radius 3 is 2.80 bits per heavy atom. The summed E-state index contributed by atoms with van der Waals surface area (Å²) in [7, 11) is 3.97. The Balaban J connectivity index is 2.41. The molecule has 3 nitrogen and oxygen atoms in total. The van der Waals surface area contributed by atoms with Crippen LogP contribution in [0.1, 0.15) is 17.3 Å². The van der Waals surface area contributed by atoms with Gasteiger partial charge in [-0.25, -0.2) is 4.98 Å². The number of nitrogens with zero attached hydrogens (tertiary/aromatic N) is 2. The van der Waals surface area contributed by atoms with Crippen LogP contribution >= 0.6 is 27.3 Å². The fraction of sp³-hybridized carbons (Fsp3) is 0.300. The van der Waals surface area contributed by atoms with Crippen molar-refractivity contribution in [2.45, 2.75) is 6.04 Å². The first-order valence-electron chi connectivity index (χ1n) is 4.59. The first kappa shape index (κ1) is 10.9. The van der Waals surface area contributed by atoms with Crippen LogP contribution in [0.5, 0.6) is 0 Å². The highest BCUT2D eigenvalue weighted by molar-refractivity contribution is 9.10. The summed E-state index contributed by atoms with van der Waals surface area (Å²) in [6.45, 7) is 0. The number of rotatable bonds is 3. The number of halogens is 1. The molecule has 2 heterocycles. The zero-order chi connectivity index (χ0) is 10.8. The zero-order valence-corrected chi connectivity index (χ0v) is 11.0. The van der Waals surface area contributed by atoms with Gasteiger partial charge >= 0.3 is 0 Å². The standard InChI is InChI=1S/C10H12BrN3S/c1-12-10(7-4-15-5-8(7)11)9-3-13-6-14(9)2/h3-6,10,12H,1-2H3. The quantitative estimate of drug-likeness (QED) is 0.939. The van der Waals surface area contributed by atoms with Gasteiger partial charge in [-0.2, -0.15) is 11.3 Å². The van der Waals surface area contributed by atoms with E-state index in [1.54, 1.807) is 11.3 Å². The van der Waals surface area contributed by atoms with Crippen molar-refractivity contribution >= 4 is 27.3 Å². The van der Waals surface area contributed by atoms with Gasteiger partial charge in [-0.3, -0.25) is 0 Å². The number of aromatic nitrogens is 2. The predicted octanol–water partition coefficient (Wildman–Crippen LogP) is 2.55. The smallest absolute Gasteiger partial charge is 0.0946 e. The summed E-state index contributed by atoms with van der Waals surface area (Å²) in [4.78, 5) is 4.14. The molecular formula is C10H12BrN3S. The van der Waals surface area contributed by atoms with E-state index in [1.165, 1.54) is 5.56 Å². The average Bonchev–Trinajstić information content (AvgIpc) is 2.80. The van der Waals surface area contributed by atoms with Crippen molar-refractivity contribution in [2.24, 2.45) is 7.05 Å². The van der Waals surface area contributed by atoms with Gasteiger partial charge < -0.3 is 9.88 Å². The van der Waals surface area contributed by atoms with E-state index in [9.17, 15) is 0 Å². The van der Waals surface area contributed by atoms with Crippen LogP contribution in [0.25, 0.3) is 0 Å². The summed E-state index contributed by atoms with van der Waals surface area (Å²) in [5, 5.41) is 7.55. The summed E-state index contributed by atoms with van der Waals surface area (Å²) >= 11 is 5.26. The topological polar surface area (TPSA) is 29.9 Å². The maximum atomic E-state index is 4.14. The average molecular weight is 286 g/mol. The van der Waals surface area contributed by atoms with Gasteiger partial charge in [0.25, 0.3) is 0 Å². The van der Waals surface area contributed by atoms with Crippen molar-refractivity contribution in [3.8, 4) is 0 Å². The molecule has 1 atom stereocenters. The monoisotopic (exact) mass is 285 g/mol. The highest BCUT2D eigenvalue weighted by Gasteiger charge is 2.18. The van der Waals surface area contributed by atoms with E-state index < -0.39 is 0 Å². The molecule has 0 aliphatic heterocycles. The molecule has 1 unspecified atom stereocenters. The van der Waals surface area contributed by atoms with E-state index >= 15 is 0 Å². The van der Waals surface area contributed by atoms with E-state index in [0.29, 0.717) is 0 Å². The lowest BCUT2D eigenvalue weighted by atomic mass is 10.1. The minimum Gasteiger partial charge on any atom is -0.336 e. The van der Waals surface area contributed by atoms with Gasteiger partial charge in [0.2, 0.25) is 0 Å². The molecule has 80 valence electrons. The number of imidazole rings is 1. The molecule has 0 aliphatic carbocycles. The molecule has 2 aromatic heterocycles. The SMILES string of the molecule is CNC(c1cscc1Br)c1cncn1C. The zero-order valence-electron chi connectivity index (χ0n) is 8.57. The van der Waals surface area contributed by atoms with Gasteiger partial charge in [0.15, 0.2) is 0 Å². The normalized spacial score (nSPS) is 13.0. The molecule has 0 fully saturated rings. The first-order chi connectivity index (χ1) is 7.24. The fourth-order valence-corrected chi connectivity index (χ4v) is 3.16. The molecular weight excluding hydrogens is 274 g/mol. The second kappa shape index (κ2) is 4.47. The Hall–Kier alpha value is -0.650. The fourth-order valence-electron chi connectivity index (χ4n) is 1.61. The van der Waals surface area contributed by atoms with Gasteiger partial charge in [0.1, 0.15) is 0 Å². The summed E-state index contributed by atoms with van der Waals surface area (Å²) in [6, 6.07) is 0.193. The molecule has 0 aliphatic rings. The third kappa shape index (κ3) is 2.00. The van der Waals surface area contributed by atoms with E-state index in [0.717, 1.165) is 10.2 Å². The molecule has 0 saturated heterocycles. The summed E-state index contributed by atoms with van der Waals surface area (Å²) in [5.74, 6) is 0. The Morgan fingerprint density at radius 2 is 2.33 bits per heavy atom. The number of nitrogens with one attached hydrogen (secondary N) is 1. The van der Waals surface area contributed by atoms with Crippen molar-refractivity contribution in [1.29, 1.82) is 0 Å². The van der Waals surface area contributed by atoms with E-state index in [-0.39, 0.29) is 6.04 Å². The van der Waals surface area contributed by atoms with Crippen molar-refractivity contribution < 1.29 is 0 Å². The third-order valence-electron chi connectivity index (χ3n) is 2.39. The lowest BCUT2D eigenvalue weighted by Gasteiger charge is -2.16. The van der Waals surface area contributed by atoms with Crippen LogP contribution in [0, 0.1) is 0 Å². The van der Waals surface area contributed by atoms with Crippen LogP contribution in [0.4, 0.5) is 0 Å². The van der Waals surface area contributed by atoms with Gasteiger partial charge in [0.05, 0.1) is 24.3 Å². The van der Waals surface area contributed by atoms with E-state index in [4.69, 9.17) is 0 Å². The van der Waals surface area contributed by atoms with Crippen molar-refractivity contribution in [2.75, 3.05) is 7.05 Å². The number of aryl methyl sites for hydroxylation is 1. The molecule has 0 radical (unpaired) electrons. The Kier molecular flexibility index (Phi) is 3.23. The molecule has 2 rings (SSSR count). The van der Waals surface area contributed by atoms with Gasteiger partial charge in [0, 0.05) is 16.9 Å². The lowest BCUT2D eigenvalue weighted by molar-refractivity contribution is 0.638. The molecule has 0 amide bonds. The third-order valence-corrected chi connectivity index (χ3v) is 4.14. The van der Waals surface area contributed by atoms with Crippen LogP contribution in [-0.4, -0.2) is 16.6 Å². The molecule has 5 heteroatoms. The van der Waals surface area contributed by atoms with Crippen molar-refractivity contribution in [3.63, 3.8) is 0 Å². The summed E-state index contributed by atoms with van der Waals surface area (Å²) < 4.78 is 3.18. The highest BCUT2D eigenvalue weighted by atomic mass is 79.9. The summed E-state index contributed by atoms with van der Waals surface area (Å²) in [5.41, 5.74) is 2.42. The van der Waals surface area contributed by atoms with E-state index in [1.807, 2.05) is 31.2 Å². The molecule has 0 saturated carbocycles. The molecule has 0 spiro atoms. The van der Waals surface area contributed by atoms with Crippen molar-refractivity contribution in [1.82, 2.24) is 14.9 Å². The number of hydrogen-bond donors (Lipinski definition) is 1. The summed E-state index contributed by atoms with van der Waals surface area (Å²) in [6.07, 6.45) is 3.71. The second-order valence-corrected chi connectivity index (χ2v) is 4.92. The largest absolute Gasteiger partial charge is 0.336 e. The van der Waals surface area contributed by atoms with Crippen LogP contribution in [0.15, 0.2) is 27.8 Å². The van der Waals surface area contributed by atoms with Crippen LogP contribution in [0.2, 0.25) is 0 Å². The molecule has 0 aromatic carbocycles.